The second kappa shape index (κ2) is 8.33. The van der Waals surface area contributed by atoms with E-state index in [9.17, 15) is 4.79 Å². The lowest BCUT2D eigenvalue weighted by Gasteiger charge is -2.62. The third-order valence-electron chi connectivity index (χ3n) is 4.59. The SMILES string of the molecule is COCCNC(=NCC(=O)N(C)C)N1CC(C)(C)C1(C)C.I. The summed E-state index contributed by atoms with van der Waals surface area (Å²) in [4.78, 5) is 20.0. The van der Waals surface area contributed by atoms with Crippen LogP contribution < -0.4 is 5.32 Å². The van der Waals surface area contributed by atoms with Crippen LogP contribution in [0.15, 0.2) is 4.99 Å². The summed E-state index contributed by atoms with van der Waals surface area (Å²) < 4.78 is 5.07. The highest BCUT2D eigenvalue weighted by atomic mass is 127. The molecule has 0 aromatic carbocycles. The van der Waals surface area contributed by atoms with Crippen molar-refractivity contribution in [2.24, 2.45) is 10.4 Å². The van der Waals surface area contributed by atoms with Gasteiger partial charge in [-0.25, -0.2) is 4.99 Å². The molecule has 1 aliphatic rings. The molecule has 0 bridgehead atoms. The molecular weight excluding hydrogens is 395 g/mol. The highest BCUT2D eigenvalue weighted by molar-refractivity contribution is 14.0. The van der Waals surface area contributed by atoms with Crippen LogP contribution in [0.3, 0.4) is 0 Å². The first kappa shape index (κ1) is 21.4. The number of methoxy groups -OCH3 is 1. The Kier molecular flexibility index (Phi) is 8.11. The van der Waals surface area contributed by atoms with Crippen molar-refractivity contribution in [1.82, 2.24) is 15.1 Å². The molecule has 0 unspecified atom stereocenters. The van der Waals surface area contributed by atoms with Crippen molar-refractivity contribution in [3.63, 3.8) is 0 Å². The zero-order valence-electron chi connectivity index (χ0n) is 14.9. The number of carbonyl (C=O) groups excluding carboxylic acids is 1. The highest BCUT2D eigenvalue weighted by Gasteiger charge is 2.53. The van der Waals surface area contributed by atoms with Gasteiger partial charge >= 0.3 is 0 Å². The Hall–Kier alpha value is -0.570. The zero-order chi connectivity index (χ0) is 16.3. The molecule has 0 saturated carbocycles. The number of amides is 1. The lowest BCUT2D eigenvalue weighted by atomic mass is 9.65. The van der Waals surface area contributed by atoms with Crippen LogP contribution in [0, 0.1) is 5.41 Å². The molecule has 7 heteroatoms. The van der Waals surface area contributed by atoms with Gasteiger partial charge in [0.1, 0.15) is 6.54 Å². The first-order valence-electron chi connectivity index (χ1n) is 7.38. The van der Waals surface area contributed by atoms with Crippen LogP contribution in [0.25, 0.3) is 0 Å². The third-order valence-corrected chi connectivity index (χ3v) is 4.59. The Morgan fingerprint density at radius 1 is 1.32 bits per heavy atom. The molecule has 0 aromatic rings. The fraction of sp³-hybridized carbons (Fsp3) is 0.867. The minimum atomic E-state index is -0.00127. The molecule has 0 radical (unpaired) electrons. The minimum absolute atomic E-state index is 0. The van der Waals surface area contributed by atoms with Crippen molar-refractivity contribution in [3.05, 3.63) is 0 Å². The molecule has 0 atom stereocenters. The van der Waals surface area contributed by atoms with Crippen molar-refractivity contribution in [3.8, 4) is 0 Å². The van der Waals surface area contributed by atoms with Gasteiger partial charge < -0.3 is 19.9 Å². The van der Waals surface area contributed by atoms with E-state index in [2.05, 4.69) is 42.9 Å². The van der Waals surface area contributed by atoms with Crippen molar-refractivity contribution >= 4 is 35.8 Å². The van der Waals surface area contributed by atoms with Gasteiger partial charge in [0.05, 0.1) is 6.61 Å². The molecule has 22 heavy (non-hydrogen) atoms. The monoisotopic (exact) mass is 426 g/mol. The predicted octanol–water partition coefficient (Wildman–Crippen LogP) is 1.40. The Morgan fingerprint density at radius 2 is 1.91 bits per heavy atom. The van der Waals surface area contributed by atoms with E-state index in [1.807, 2.05) is 0 Å². The number of nitrogens with one attached hydrogen (secondary N) is 1. The molecule has 1 N–H and O–H groups in total. The Balaban J connectivity index is 0.00000441. The topological polar surface area (TPSA) is 57.2 Å². The summed E-state index contributed by atoms with van der Waals surface area (Å²) in [6.07, 6.45) is 0. The molecule has 1 rings (SSSR count). The van der Waals surface area contributed by atoms with E-state index >= 15 is 0 Å². The van der Waals surface area contributed by atoms with Crippen LogP contribution in [-0.4, -0.2) is 74.7 Å². The number of carbonyl (C=O) groups is 1. The standard InChI is InChI=1S/C15H30N4O2.HI/c1-14(2)11-19(15(14,3)4)13(16-8-9-21-7)17-10-12(20)18(5)6;/h8-11H2,1-7H3,(H,16,17);1H. The highest BCUT2D eigenvalue weighted by Crippen LogP contribution is 2.46. The number of likely N-dealkylation sites (tertiary alicyclic amines) is 1. The van der Waals surface area contributed by atoms with Gasteiger partial charge in [-0.2, -0.15) is 0 Å². The summed E-state index contributed by atoms with van der Waals surface area (Å²) >= 11 is 0. The van der Waals surface area contributed by atoms with E-state index in [-0.39, 0.29) is 47.4 Å². The summed E-state index contributed by atoms with van der Waals surface area (Å²) in [6.45, 7) is 11.3. The van der Waals surface area contributed by atoms with Crippen molar-refractivity contribution in [2.45, 2.75) is 33.2 Å². The molecule has 1 amide bonds. The number of ether oxygens (including phenoxy) is 1. The van der Waals surface area contributed by atoms with Gasteiger partial charge in [0.15, 0.2) is 5.96 Å². The smallest absolute Gasteiger partial charge is 0.243 e. The zero-order valence-corrected chi connectivity index (χ0v) is 17.2. The van der Waals surface area contributed by atoms with Crippen LogP contribution in [0.4, 0.5) is 0 Å². The van der Waals surface area contributed by atoms with E-state index in [1.54, 1.807) is 26.1 Å². The molecule has 6 nitrogen and oxygen atoms in total. The number of halogens is 1. The molecule has 1 heterocycles. The maximum atomic E-state index is 11.7. The summed E-state index contributed by atoms with van der Waals surface area (Å²) in [5, 5.41) is 3.29. The molecule has 1 saturated heterocycles. The molecule has 0 spiro atoms. The Bertz CT molecular complexity index is 408. The van der Waals surface area contributed by atoms with Crippen LogP contribution in [0.1, 0.15) is 27.7 Å². The maximum absolute atomic E-state index is 11.7. The first-order chi connectivity index (χ1) is 9.63. The lowest BCUT2D eigenvalue weighted by Crippen LogP contribution is -2.72. The van der Waals surface area contributed by atoms with Gasteiger partial charge in [-0.3, -0.25) is 4.79 Å². The van der Waals surface area contributed by atoms with Crippen molar-refractivity contribution < 1.29 is 9.53 Å². The van der Waals surface area contributed by atoms with E-state index in [0.717, 1.165) is 12.5 Å². The van der Waals surface area contributed by atoms with Crippen molar-refractivity contribution in [2.75, 3.05) is 47.4 Å². The number of hydrogen-bond acceptors (Lipinski definition) is 3. The summed E-state index contributed by atoms with van der Waals surface area (Å²) in [5.41, 5.74) is 0.231. The molecule has 1 aliphatic heterocycles. The Labute approximate surface area is 151 Å². The van der Waals surface area contributed by atoms with Crippen LogP contribution in [-0.2, 0) is 9.53 Å². The van der Waals surface area contributed by atoms with Gasteiger partial charge in [0.2, 0.25) is 5.91 Å². The van der Waals surface area contributed by atoms with E-state index in [0.29, 0.717) is 13.2 Å². The predicted molar refractivity (Wildman–Crippen MR) is 101 cm³/mol. The quantitative estimate of drug-likeness (QED) is 0.313. The lowest BCUT2D eigenvalue weighted by molar-refractivity contribution is -0.127. The molecule has 0 aliphatic carbocycles. The van der Waals surface area contributed by atoms with E-state index in [1.165, 1.54) is 0 Å². The van der Waals surface area contributed by atoms with Gasteiger partial charge in [-0.05, 0) is 13.8 Å². The first-order valence-corrected chi connectivity index (χ1v) is 7.38. The van der Waals surface area contributed by atoms with Gasteiger partial charge in [0.25, 0.3) is 0 Å². The third kappa shape index (κ3) is 4.71. The molecular formula is C15H31IN4O2. The van der Waals surface area contributed by atoms with Crippen LogP contribution in [0.5, 0.6) is 0 Å². The van der Waals surface area contributed by atoms with E-state index in [4.69, 9.17) is 4.74 Å². The van der Waals surface area contributed by atoms with Gasteiger partial charge in [0, 0.05) is 45.2 Å². The average molecular weight is 426 g/mol. The summed E-state index contributed by atoms with van der Waals surface area (Å²) in [7, 11) is 5.16. The van der Waals surface area contributed by atoms with Gasteiger partial charge in [-0.1, -0.05) is 13.8 Å². The van der Waals surface area contributed by atoms with Crippen LogP contribution >= 0.6 is 24.0 Å². The number of hydrogen-bond donors (Lipinski definition) is 1. The minimum Gasteiger partial charge on any atom is -0.383 e. The molecule has 0 aromatic heterocycles. The Morgan fingerprint density at radius 3 is 2.32 bits per heavy atom. The second-order valence-corrected chi connectivity index (χ2v) is 6.88. The number of nitrogens with zero attached hydrogens (tertiary/aromatic N) is 3. The normalized spacial score (nSPS) is 19.0. The molecule has 1 fully saturated rings. The second-order valence-electron chi connectivity index (χ2n) is 6.88. The number of aliphatic imine (C=N–C) groups is 1. The van der Waals surface area contributed by atoms with Gasteiger partial charge in [-0.15, -0.1) is 24.0 Å². The number of rotatable bonds is 5. The fourth-order valence-corrected chi connectivity index (χ4v) is 2.19. The van der Waals surface area contributed by atoms with E-state index < -0.39 is 0 Å². The largest absolute Gasteiger partial charge is 0.383 e. The van der Waals surface area contributed by atoms with Crippen LogP contribution in [0.2, 0.25) is 0 Å². The average Bonchev–Trinajstić information content (AvgIpc) is 2.40. The van der Waals surface area contributed by atoms with Crippen molar-refractivity contribution in [1.29, 1.82) is 0 Å². The number of guanidine groups is 1. The summed E-state index contributed by atoms with van der Waals surface area (Å²) in [6, 6.07) is 0. The maximum Gasteiger partial charge on any atom is 0.243 e. The summed E-state index contributed by atoms with van der Waals surface area (Å²) in [5.74, 6) is 0.783. The molecule has 130 valence electrons. The fourth-order valence-electron chi connectivity index (χ4n) is 2.19. The number of likely N-dealkylation sites (N-methyl/N-ethyl adjacent to an activating group) is 1.